The number of carbonyl (C=O) groups excluding carboxylic acids is 1. The topological polar surface area (TPSA) is 52.1 Å². The van der Waals surface area contributed by atoms with Gasteiger partial charge in [0.1, 0.15) is 0 Å². The molecule has 0 saturated carbocycles. The van der Waals surface area contributed by atoms with Crippen molar-refractivity contribution < 1.29 is 9.53 Å². The zero-order valence-corrected chi connectivity index (χ0v) is 9.23. The van der Waals surface area contributed by atoms with Crippen LogP contribution in [0.5, 0.6) is 6.01 Å². The van der Waals surface area contributed by atoms with Gasteiger partial charge in [0.25, 0.3) is 0 Å². The van der Waals surface area contributed by atoms with E-state index in [0.29, 0.717) is 11.6 Å². The van der Waals surface area contributed by atoms with Crippen molar-refractivity contribution in [3.05, 3.63) is 24.0 Å². The maximum absolute atomic E-state index is 10.4. The average molecular weight is 227 g/mol. The predicted molar refractivity (Wildman–Crippen MR) is 57.7 cm³/mol. The third kappa shape index (κ3) is 4.56. The van der Waals surface area contributed by atoms with Gasteiger partial charge in [-0.15, -0.1) is 0 Å². The minimum Gasteiger partial charge on any atom is -0.461 e. The van der Waals surface area contributed by atoms with Gasteiger partial charge in [0.2, 0.25) is 5.24 Å². The molecule has 0 bridgehead atoms. The fourth-order valence-corrected chi connectivity index (χ4v) is 0.909. The summed E-state index contributed by atoms with van der Waals surface area (Å²) in [6, 6.07) is 0.319. The number of allylic oxidation sites excluding steroid dienone is 1. The summed E-state index contributed by atoms with van der Waals surface area (Å²) >= 11 is 5.14. The van der Waals surface area contributed by atoms with E-state index in [1.165, 1.54) is 12.2 Å². The van der Waals surface area contributed by atoms with Gasteiger partial charge in [-0.3, -0.25) is 4.79 Å². The minimum absolute atomic E-state index is 0.0378. The van der Waals surface area contributed by atoms with Crippen LogP contribution in [0, 0.1) is 0 Å². The van der Waals surface area contributed by atoms with Crippen molar-refractivity contribution in [2.75, 3.05) is 0 Å². The molecule has 4 nitrogen and oxygen atoms in total. The number of rotatable bonds is 4. The maximum Gasteiger partial charge on any atom is 0.316 e. The highest BCUT2D eigenvalue weighted by atomic mass is 35.5. The van der Waals surface area contributed by atoms with Crippen LogP contribution in [0.25, 0.3) is 6.08 Å². The monoisotopic (exact) mass is 226 g/mol. The molecule has 0 unspecified atom stereocenters. The Morgan fingerprint density at radius 1 is 1.47 bits per heavy atom. The van der Waals surface area contributed by atoms with Crippen LogP contribution in [-0.4, -0.2) is 21.3 Å². The van der Waals surface area contributed by atoms with Gasteiger partial charge in [0.05, 0.1) is 6.10 Å². The normalized spacial score (nSPS) is 10.9. The molecule has 15 heavy (non-hydrogen) atoms. The van der Waals surface area contributed by atoms with Gasteiger partial charge in [-0.25, -0.2) is 9.97 Å². The summed E-state index contributed by atoms with van der Waals surface area (Å²) in [4.78, 5) is 18.4. The summed E-state index contributed by atoms with van der Waals surface area (Å²) in [7, 11) is 0. The molecule has 0 aliphatic heterocycles. The van der Waals surface area contributed by atoms with E-state index < -0.39 is 5.24 Å². The van der Waals surface area contributed by atoms with Gasteiger partial charge in [0.15, 0.2) is 0 Å². The number of carbonyl (C=O) groups is 1. The lowest BCUT2D eigenvalue weighted by Crippen LogP contribution is -2.08. The molecule has 0 aromatic carbocycles. The Morgan fingerprint density at radius 2 is 2.07 bits per heavy atom. The Kier molecular flexibility index (Phi) is 4.24. The molecular weight excluding hydrogens is 216 g/mol. The van der Waals surface area contributed by atoms with E-state index in [2.05, 4.69) is 9.97 Å². The molecule has 0 aliphatic carbocycles. The zero-order chi connectivity index (χ0) is 11.3. The largest absolute Gasteiger partial charge is 0.461 e. The molecule has 1 aromatic heterocycles. The van der Waals surface area contributed by atoms with Crippen LogP contribution < -0.4 is 4.74 Å². The molecule has 0 spiro atoms. The molecule has 1 aromatic rings. The molecule has 0 radical (unpaired) electrons. The van der Waals surface area contributed by atoms with E-state index in [9.17, 15) is 4.79 Å². The first-order valence-corrected chi connectivity index (χ1v) is 4.82. The van der Waals surface area contributed by atoms with Crippen molar-refractivity contribution >= 4 is 22.9 Å². The summed E-state index contributed by atoms with van der Waals surface area (Å²) in [5.41, 5.74) is 0.695. The quantitative estimate of drug-likeness (QED) is 0.582. The van der Waals surface area contributed by atoms with E-state index in [1.807, 2.05) is 13.8 Å². The zero-order valence-electron chi connectivity index (χ0n) is 8.48. The third-order valence-electron chi connectivity index (χ3n) is 1.40. The Balaban J connectivity index is 2.68. The highest BCUT2D eigenvalue weighted by Gasteiger charge is 1.99. The molecule has 1 rings (SSSR count). The fourth-order valence-electron chi connectivity index (χ4n) is 0.846. The Morgan fingerprint density at radius 3 is 2.53 bits per heavy atom. The van der Waals surface area contributed by atoms with E-state index in [1.54, 1.807) is 12.4 Å². The third-order valence-corrected chi connectivity index (χ3v) is 1.52. The van der Waals surface area contributed by atoms with Crippen LogP contribution in [0.1, 0.15) is 19.4 Å². The number of ether oxygens (including phenoxy) is 1. The second-order valence-corrected chi connectivity index (χ2v) is 3.48. The van der Waals surface area contributed by atoms with Gasteiger partial charge in [-0.05, 0) is 37.6 Å². The molecular formula is C10H11ClN2O2. The average Bonchev–Trinajstić information content (AvgIpc) is 2.16. The van der Waals surface area contributed by atoms with Crippen molar-refractivity contribution in [1.82, 2.24) is 9.97 Å². The van der Waals surface area contributed by atoms with Crippen molar-refractivity contribution in [2.24, 2.45) is 0 Å². The predicted octanol–water partition coefficient (Wildman–Crippen LogP) is 2.04. The molecule has 80 valence electrons. The summed E-state index contributed by atoms with van der Waals surface area (Å²) in [5.74, 6) is 0. The van der Waals surface area contributed by atoms with Crippen LogP contribution >= 0.6 is 11.6 Å². The van der Waals surface area contributed by atoms with Crippen molar-refractivity contribution in [3.8, 4) is 6.01 Å². The van der Waals surface area contributed by atoms with Gasteiger partial charge in [0, 0.05) is 18.0 Å². The van der Waals surface area contributed by atoms with Crippen LogP contribution in [0.2, 0.25) is 0 Å². The molecule has 0 amide bonds. The summed E-state index contributed by atoms with van der Waals surface area (Å²) in [6.07, 6.45) is 5.93. The van der Waals surface area contributed by atoms with Crippen LogP contribution in [0.4, 0.5) is 0 Å². The number of aromatic nitrogens is 2. The summed E-state index contributed by atoms with van der Waals surface area (Å²) < 4.78 is 5.26. The lowest BCUT2D eigenvalue weighted by molar-refractivity contribution is -0.107. The highest BCUT2D eigenvalue weighted by molar-refractivity contribution is 6.66. The van der Waals surface area contributed by atoms with E-state index in [4.69, 9.17) is 16.3 Å². The lowest BCUT2D eigenvalue weighted by atomic mass is 10.3. The number of halogens is 1. The SMILES string of the molecule is CC(C)Oc1ncc(C=CC(=O)Cl)cn1. The smallest absolute Gasteiger partial charge is 0.316 e. The van der Waals surface area contributed by atoms with Gasteiger partial charge >= 0.3 is 6.01 Å². The van der Waals surface area contributed by atoms with E-state index >= 15 is 0 Å². The standard InChI is InChI=1S/C10H11ClN2O2/c1-7(2)15-10-12-5-8(6-13-10)3-4-9(11)14/h3-7H,1-2H3. The Hall–Kier alpha value is -1.42. The summed E-state index contributed by atoms with van der Waals surface area (Å²) in [5, 5.41) is -0.530. The molecule has 0 fully saturated rings. The molecule has 0 aliphatic rings. The molecule has 1 heterocycles. The Bertz CT molecular complexity index is 360. The molecule has 5 heteroatoms. The second kappa shape index (κ2) is 5.46. The maximum atomic E-state index is 10.4. The second-order valence-electron chi connectivity index (χ2n) is 3.10. The van der Waals surface area contributed by atoms with Crippen molar-refractivity contribution in [1.29, 1.82) is 0 Å². The van der Waals surface area contributed by atoms with Crippen molar-refractivity contribution in [2.45, 2.75) is 20.0 Å². The van der Waals surface area contributed by atoms with Crippen LogP contribution in [0.3, 0.4) is 0 Å². The minimum atomic E-state index is -0.530. The van der Waals surface area contributed by atoms with Gasteiger partial charge < -0.3 is 4.74 Å². The lowest BCUT2D eigenvalue weighted by Gasteiger charge is -2.06. The van der Waals surface area contributed by atoms with Gasteiger partial charge in [-0.1, -0.05) is 0 Å². The molecule has 0 saturated heterocycles. The van der Waals surface area contributed by atoms with Crippen molar-refractivity contribution in [3.63, 3.8) is 0 Å². The number of nitrogens with zero attached hydrogens (tertiary/aromatic N) is 2. The van der Waals surface area contributed by atoms with E-state index in [-0.39, 0.29) is 6.10 Å². The molecule has 0 atom stereocenters. The molecule has 0 N–H and O–H groups in total. The Labute approximate surface area is 92.9 Å². The number of hydrogen-bond donors (Lipinski definition) is 0. The fraction of sp³-hybridized carbons (Fsp3) is 0.300. The first-order chi connectivity index (χ1) is 7.08. The van der Waals surface area contributed by atoms with E-state index in [0.717, 1.165) is 0 Å². The highest BCUT2D eigenvalue weighted by Crippen LogP contribution is 2.06. The summed E-state index contributed by atoms with van der Waals surface area (Å²) in [6.45, 7) is 3.78. The van der Waals surface area contributed by atoms with Crippen LogP contribution in [0.15, 0.2) is 18.5 Å². The van der Waals surface area contributed by atoms with Crippen LogP contribution in [-0.2, 0) is 4.79 Å². The number of hydrogen-bond acceptors (Lipinski definition) is 4. The van der Waals surface area contributed by atoms with Gasteiger partial charge in [-0.2, -0.15) is 0 Å². The first kappa shape index (κ1) is 11.7. The first-order valence-electron chi connectivity index (χ1n) is 4.44.